The van der Waals surface area contributed by atoms with Gasteiger partial charge in [-0.25, -0.2) is 0 Å². The molecule has 0 radical (unpaired) electrons. The van der Waals surface area contributed by atoms with E-state index in [2.05, 4.69) is 9.50 Å². The van der Waals surface area contributed by atoms with Crippen LogP contribution in [0.4, 0.5) is 86.0 Å². The molecular weight excluding hydrogens is 883 g/mol. The minimum Gasteiger partial charge on any atom is -0.378 e. The molecule has 3 heterocycles. The maximum absolute atomic E-state index is 14.8. The summed E-state index contributed by atoms with van der Waals surface area (Å²) in [5.74, 6) is -55.8. The first kappa shape index (κ1) is 45.0. The highest BCUT2D eigenvalue weighted by molar-refractivity contribution is 7.88. The Morgan fingerprint density at radius 3 is 1.65 bits per heavy atom. The second kappa shape index (κ2) is 13.0. The zero-order valence-corrected chi connectivity index (χ0v) is 30.8. The molecule has 3 aliphatic rings. The molecule has 1 N–H and O–H groups in total. The number of carbonyl (C=O) groups is 1. The molecule has 0 aromatic heterocycles. The van der Waals surface area contributed by atoms with E-state index < -0.39 is 91.9 Å². The van der Waals surface area contributed by atoms with Gasteiger partial charge in [-0.05, 0) is 29.8 Å². The standard InChI is InChI=1S/C35H25F17N2O5S/c1-26(2)23-18-8-4-6-10-20(18)53-27(26,58-24-19-9-5-7-11-21(19)54(3)25(55)22(23)24)16-12-14-17(15-13-16)59-60(56,57)35(51,52)33(46,47)31(42,43)29(38,39)28(36,37)30(40,41)32(44,45)34(48,49)50/h4-15,22-24,53H,1-3H3/t22?,23-,24?,27+/m1/s1. The van der Waals surface area contributed by atoms with Gasteiger partial charge in [-0.15, -0.1) is 0 Å². The molecule has 3 aliphatic heterocycles. The van der Waals surface area contributed by atoms with Gasteiger partial charge in [0.2, 0.25) is 5.91 Å². The minimum atomic E-state index is -8.98. The molecule has 3 aromatic carbocycles. The first-order chi connectivity index (χ1) is 27.0. The molecule has 4 atom stereocenters. The predicted octanol–water partition coefficient (Wildman–Crippen LogP) is 10.1. The van der Waals surface area contributed by atoms with Crippen molar-refractivity contribution in [1.29, 1.82) is 0 Å². The van der Waals surface area contributed by atoms with Gasteiger partial charge >= 0.3 is 57.1 Å². The van der Waals surface area contributed by atoms with Crippen molar-refractivity contribution in [3.63, 3.8) is 0 Å². The summed E-state index contributed by atoms with van der Waals surface area (Å²) in [7, 11) is -6.33. The Morgan fingerprint density at radius 2 is 1.12 bits per heavy atom. The van der Waals surface area contributed by atoms with Gasteiger partial charge in [-0.1, -0.05) is 62.4 Å². The lowest BCUT2D eigenvalue weighted by molar-refractivity contribution is -0.458. The molecule has 25 heteroatoms. The van der Waals surface area contributed by atoms with Gasteiger partial charge in [0.05, 0.1) is 5.92 Å². The third kappa shape index (κ3) is 5.50. The number of alkyl halides is 17. The van der Waals surface area contributed by atoms with E-state index in [4.69, 9.17) is 4.74 Å². The number of hydrogen-bond donors (Lipinski definition) is 1. The molecule has 0 saturated carbocycles. The normalized spacial score (nSPS) is 23.9. The van der Waals surface area contributed by atoms with E-state index in [1.807, 2.05) is 0 Å². The zero-order chi connectivity index (χ0) is 45.5. The summed E-state index contributed by atoms with van der Waals surface area (Å²) in [6, 6.07) is 15.8. The van der Waals surface area contributed by atoms with Crippen LogP contribution in [-0.2, 0) is 25.4 Å². The van der Waals surface area contributed by atoms with Gasteiger partial charge in [0.1, 0.15) is 11.9 Å². The number of halogens is 17. The van der Waals surface area contributed by atoms with E-state index in [9.17, 15) is 87.8 Å². The van der Waals surface area contributed by atoms with E-state index in [1.54, 1.807) is 69.4 Å². The van der Waals surface area contributed by atoms with Crippen LogP contribution in [0.1, 0.15) is 42.6 Å². The highest BCUT2D eigenvalue weighted by Gasteiger charge is 2.96. The number of amides is 1. The van der Waals surface area contributed by atoms with Gasteiger partial charge in [-0.2, -0.15) is 83.1 Å². The van der Waals surface area contributed by atoms with E-state index >= 15 is 0 Å². The Morgan fingerprint density at radius 1 is 0.650 bits per heavy atom. The molecule has 1 fully saturated rings. The Balaban J connectivity index is 1.36. The average molecular weight is 909 g/mol. The number of fused-ring (bicyclic) bond motifs is 8. The molecule has 0 spiro atoms. The van der Waals surface area contributed by atoms with Gasteiger partial charge in [-0.3, -0.25) is 4.79 Å². The average Bonchev–Trinajstić information content (AvgIpc) is 3.13. The summed E-state index contributed by atoms with van der Waals surface area (Å²) in [4.78, 5) is 15.4. The summed E-state index contributed by atoms with van der Waals surface area (Å²) in [6.45, 7) is 3.31. The quantitative estimate of drug-likeness (QED) is 0.161. The largest absolute Gasteiger partial charge is 0.460 e. The van der Waals surface area contributed by atoms with Crippen LogP contribution in [-0.4, -0.2) is 68.3 Å². The number of para-hydroxylation sites is 2. The Bertz CT molecular complexity index is 2320. The summed E-state index contributed by atoms with van der Waals surface area (Å²) in [6.07, 6.45) is -8.96. The molecule has 7 nitrogen and oxygen atoms in total. The SMILES string of the molecule is CN1C(=O)C2C(O[C@]3(c4ccc(OS(=O)(=O)C(F)(F)C(F)(F)C(F)(F)C(F)(F)C(F)(F)C(F)(F)C(F)(F)C(F)(F)F)cc4)Nc4ccccc4[C@H]2C3(C)C)c2ccccc21. The van der Waals surface area contributed by atoms with Crippen LogP contribution in [0.15, 0.2) is 72.8 Å². The maximum atomic E-state index is 14.8. The summed E-state index contributed by atoms with van der Waals surface area (Å²) in [5, 5.41) is -4.64. The fourth-order valence-electron chi connectivity index (χ4n) is 7.75. The number of ether oxygens (including phenoxy) is 1. The number of nitrogens with zero attached hydrogens (tertiary/aromatic N) is 1. The lowest BCUT2D eigenvalue weighted by atomic mass is 9.55. The van der Waals surface area contributed by atoms with Crippen molar-refractivity contribution < 1.29 is 96.8 Å². The van der Waals surface area contributed by atoms with Crippen LogP contribution in [0.2, 0.25) is 0 Å². The number of nitrogens with one attached hydrogen (secondary N) is 1. The molecule has 1 saturated heterocycles. The number of benzene rings is 3. The summed E-state index contributed by atoms with van der Waals surface area (Å²) in [5.41, 5.74) is -0.976. The second-order valence-electron chi connectivity index (χ2n) is 14.6. The van der Waals surface area contributed by atoms with E-state index in [0.717, 1.165) is 12.1 Å². The van der Waals surface area contributed by atoms with E-state index in [-0.39, 0.29) is 11.5 Å². The third-order valence-corrected chi connectivity index (χ3v) is 12.3. The highest BCUT2D eigenvalue weighted by atomic mass is 32.2. The molecular formula is C35H25F17N2O5S. The first-order valence-electron chi connectivity index (χ1n) is 16.7. The van der Waals surface area contributed by atoms with Crippen molar-refractivity contribution in [2.24, 2.45) is 11.3 Å². The van der Waals surface area contributed by atoms with Crippen LogP contribution >= 0.6 is 0 Å². The highest BCUT2D eigenvalue weighted by Crippen LogP contribution is 2.68. The smallest absolute Gasteiger partial charge is 0.378 e. The monoisotopic (exact) mass is 908 g/mol. The van der Waals surface area contributed by atoms with Gasteiger partial charge in [0, 0.05) is 40.9 Å². The Hall–Kier alpha value is -4.55. The fraction of sp³-hybridized carbons (Fsp3) is 0.457. The third-order valence-electron chi connectivity index (χ3n) is 11.0. The second-order valence-corrected chi connectivity index (χ2v) is 16.2. The van der Waals surface area contributed by atoms with Crippen LogP contribution in [0, 0.1) is 11.3 Å². The lowest BCUT2D eigenvalue weighted by Gasteiger charge is -2.63. The molecule has 1 amide bonds. The van der Waals surface area contributed by atoms with Crippen molar-refractivity contribution in [3.8, 4) is 5.75 Å². The van der Waals surface area contributed by atoms with Crippen molar-refractivity contribution in [2.75, 3.05) is 17.3 Å². The first-order valence-corrected chi connectivity index (χ1v) is 18.1. The van der Waals surface area contributed by atoms with Crippen LogP contribution in [0.5, 0.6) is 5.75 Å². The Kier molecular flexibility index (Phi) is 9.74. The predicted molar refractivity (Wildman–Crippen MR) is 172 cm³/mol. The lowest BCUT2D eigenvalue weighted by Crippen LogP contribution is -2.75. The number of anilines is 2. The van der Waals surface area contributed by atoms with Crippen molar-refractivity contribution >= 4 is 27.4 Å². The van der Waals surface area contributed by atoms with Gasteiger partial charge in [0.25, 0.3) is 0 Å². The van der Waals surface area contributed by atoms with E-state index in [1.165, 1.54) is 4.90 Å². The number of carbonyl (C=O) groups excluding carboxylic acids is 1. The molecule has 2 unspecified atom stereocenters. The van der Waals surface area contributed by atoms with Crippen LogP contribution in [0.25, 0.3) is 0 Å². The van der Waals surface area contributed by atoms with Crippen molar-refractivity contribution in [2.45, 2.75) is 78.6 Å². The fourth-order valence-corrected chi connectivity index (χ4v) is 8.66. The number of hydrogen-bond acceptors (Lipinski definition) is 6. The van der Waals surface area contributed by atoms with Crippen LogP contribution < -0.4 is 14.4 Å². The number of rotatable bonds is 10. The maximum Gasteiger partial charge on any atom is 0.460 e. The molecule has 60 heavy (non-hydrogen) atoms. The minimum absolute atomic E-state index is 0.0267. The van der Waals surface area contributed by atoms with Gasteiger partial charge < -0.3 is 19.1 Å². The molecule has 0 aliphatic carbocycles. The molecule has 6 rings (SSSR count). The van der Waals surface area contributed by atoms with Crippen molar-refractivity contribution in [1.82, 2.24) is 0 Å². The molecule has 3 aromatic rings. The zero-order valence-electron chi connectivity index (χ0n) is 30.0. The molecule has 2 bridgehead atoms. The topological polar surface area (TPSA) is 84.9 Å². The van der Waals surface area contributed by atoms with Crippen LogP contribution in [0.3, 0.4) is 0 Å². The van der Waals surface area contributed by atoms with E-state index in [0.29, 0.717) is 34.6 Å². The summed E-state index contributed by atoms with van der Waals surface area (Å²) < 4.78 is 270. The summed E-state index contributed by atoms with van der Waals surface area (Å²) >= 11 is 0. The van der Waals surface area contributed by atoms with Gasteiger partial charge in [0.15, 0.2) is 5.72 Å². The Labute approximate surface area is 326 Å². The molecule has 330 valence electrons. The van der Waals surface area contributed by atoms with Crippen molar-refractivity contribution in [3.05, 3.63) is 89.5 Å².